The molecule has 102 valence electrons. The number of hydrazine groups is 1. The molecule has 1 heterocycles. The van der Waals surface area contributed by atoms with Crippen molar-refractivity contribution in [3.8, 4) is 0 Å². The van der Waals surface area contributed by atoms with Gasteiger partial charge in [0.2, 0.25) is 0 Å². The molecule has 0 spiro atoms. The summed E-state index contributed by atoms with van der Waals surface area (Å²) < 4.78 is 9.54. The molecule has 0 saturated heterocycles. The molecule has 0 atom stereocenters. The molecule has 7 heteroatoms. The first-order chi connectivity index (χ1) is 9.04. The van der Waals surface area contributed by atoms with Crippen LogP contribution in [0.15, 0.2) is 28.9 Å². The first kappa shape index (κ1) is 14.5. The van der Waals surface area contributed by atoms with Crippen molar-refractivity contribution in [2.75, 3.05) is 6.61 Å². The second kappa shape index (κ2) is 7.00. The van der Waals surface area contributed by atoms with Gasteiger partial charge in [-0.3, -0.25) is 20.4 Å². The number of carbonyl (C=O) groups is 3. The number of esters is 1. The van der Waals surface area contributed by atoms with Gasteiger partial charge in [0, 0.05) is 12.2 Å². The molecule has 1 aromatic rings. The van der Waals surface area contributed by atoms with Crippen molar-refractivity contribution in [1.82, 2.24) is 10.9 Å². The first-order valence-electron chi connectivity index (χ1n) is 5.53. The molecule has 7 nitrogen and oxygen atoms in total. The van der Waals surface area contributed by atoms with Gasteiger partial charge in [0.25, 0.3) is 11.8 Å². The molecule has 0 aromatic carbocycles. The lowest BCUT2D eigenvalue weighted by Gasteiger charge is -2.03. The zero-order valence-corrected chi connectivity index (χ0v) is 10.6. The third kappa shape index (κ3) is 4.66. The Balaban J connectivity index is 2.41. The average molecular weight is 266 g/mol. The lowest BCUT2D eigenvalue weighted by atomic mass is 10.2. The van der Waals surface area contributed by atoms with Gasteiger partial charge in [0.15, 0.2) is 0 Å². The number of ether oxygens (including phenoxy) is 1. The van der Waals surface area contributed by atoms with Crippen LogP contribution in [0.5, 0.6) is 0 Å². The van der Waals surface area contributed by atoms with E-state index in [-0.39, 0.29) is 6.61 Å². The van der Waals surface area contributed by atoms with Crippen LogP contribution >= 0.6 is 0 Å². The summed E-state index contributed by atoms with van der Waals surface area (Å²) in [4.78, 5) is 33.8. The fourth-order valence-electron chi connectivity index (χ4n) is 1.18. The summed E-state index contributed by atoms with van der Waals surface area (Å²) in [6.07, 6.45) is 3.29. The van der Waals surface area contributed by atoms with Crippen molar-refractivity contribution in [2.24, 2.45) is 0 Å². The standard InChI is InChI=1S/C12H14N2O5/c1-3-18-11(16)5-4-10(15)13-14-12(17)9-6-7-19-8(9)2/h4-7H,3H2,1-2H3,(H,13,15)(H,14,17). The third-order valence-corrected chi connectivity index (χ3v) is 2.06. The number of aryl methyl sites for hydroxylation is 1. The second-order valence-corrected chi connectivity index (χ2v) is 3.42. The van der Waals surface area contributed by atoms with Crippen LogP contribution in [0.4, 0.5) is 0 Å². The highest BCUT2D eigenvalue weighted by Crippen LogP contribution is 2.07. The highest BCUT2D eigenvalue weighted by atomic mass is 16.5. The lowest BCUT2D eigenvalue weighted by Crippen LogP contribution is -2.40. The number of hydrogen-bond acceptors (Lipinski definition) is 5. The van der Waals surface area contributed by atoms with Crippen LogP contribution in [0, 0.1) is 6.92 Å². The fraction of sp³-hybridized carbons (Fsp3) is 0.250. The summed E-state index contributed by atoms with van der Waals surface area (Å²) >= 11 is 0. The van der Waals surface area contributed by atoms with Gasteiger partial charge in [-0.05, 0) is 19.9 Å². The summed E-state index contributed by atoms with van der Waals surface area (Å²) in [5.41, 5.74) is 4.61. The van der Waals surface area contributed by atoms with Gasteiger partial charge in [-0.2, -0.15) is 0 Å². The lowest BCUT2D eigenvalue weighted by molar-refractivity contribution is -0.137. The van der Waals surface area contributed by atoms with E-state index in [2.05, 4.69) is 15.6 Å². The molecule has 0 unspecified atom stereocenters. The fourth-order valence-corrected chi connectivity index (χ4v) is 1.18. The van der Waals surface area contributed by atoms with Crippen molar-refractivity contribution in [3.05, 3.63) is 35.8 Å². The van der Waals surface area contributed by atoms with Crippen LogP contribution in [0.25, 0.3) is 0 Å². The predicted octanol–water partition coefficient (Wildman–Crippen LogP) is 0.468. The smallest absolute Gasteiger partial charge is 0.330 e. The Kier molecular flexibility index (Phi) is 5.34. The predicted molar refractivity (Wildman–Crippen MR) is 64.8 cm³/mol. The largest absolute Gasteiger partial charge is 0.469 e. The minimum absolute atomic E-state index is 0.224. The topological polar surface area (TPSA) is 97.6 Å². The summed E-state index contributed by atoms with van der Waals surface area (Å²) in [6, 6.07) is 1.48. The highest BCUT2D eigenvalue weighted by molar-refractivity contribution is 5.98. The molecule has 2 N–H and O–H groups in total. The SMILES string of the molecule is CCOC(=O)C=CC(=O)NNC(=O)c1ccoc1C. The van der Waals surface area contributed by atoms with Gasteiger partial charge < -0.3 is 9.15 Å². The zero-order chi connectivity index (χ0) is 14.3. The molecule has 1 aromatic heterocycles. The molecule has 19 heavy (non-hydrogen) atoms. The summed E-state index contributed by atoms with van der Waals surface area (Å²) in [7, 11) is 0. The Morgan fingerprint density at radius 3 is 2.63 bits per heavy atom. The van der Waals surface area contributed by atoms with Crippen molar-refractivity contribution >= 4 is 17.8 Å². The van der Waals surface area contributed by atoms with Crippen molar-refractivity contribution in [2.45, 2.75) is 13.8 Å². The van der Waals surface area contributed by atoms with Crippen LogP contribution in [0.3, 0.4) is 0 Å². The maximum Gasteiger partial charge on any atom is 0.330 e. The number of hydrogen-bond donors (Lipinski definition) is 2. The molecule has 0 bridgehead atoms. The van der Waals surface area contributed by atoms with E-state index in [1.54, 1.807) is 13.8 Å². The van der Waals surface area contributed by atoms with Gasteiger partial charge in [-0.25, -0.2) is 4.79 Å². The molecule has 0 fully saturated rings. The molecule has 0 aliphatic carbocycles. The number of amides is 2. The molecular weight excluding hydrogens is 252 g/mol. The van der Waals surface area contributed by atoms with E-state index in [9.17, 15) is 14.4 Å². The Morgan fingerprint density at radius 1 is 1.32 bits per heavy atom. The molecule has 0 aliphatic heterocycles. The van der Waals surface area contributed by atoms with Crippen molar-refractivity contribution in [1.29, 1.82) is 0 Å². The van der Waals surface area contributed by atoms with Crippen LogP contribution in [0.2, 0.25) is 0 Å². The van der Waals surface area contributed by atoms with E-state index in [1.165, 1.54) is 12.3 Å². The molecule has 2 amide bonds. The maximum atomic E-state index is 11.6. The Bertz CT molecular complexity index is 504. The van der Waals surface area contributed by atoms with Crippen molar-refractivity contribution < 1.29 is 23.5 Å². The quantitative estimate of drug-likeness (QED) is 0.469. The van der Waals surface area contributed by atoms with Gasteiger partial charge in [0.05, 0.1) is 18.4 Å². The highest BCUT2D eigenvalue weighted by Gasteiger charge is 2.11. The van der Waals surface area contributed by atoms with E-state index in [4.69, 9.17) is 4.42 Å². The van der Waals surface area contributed by atoms with Crippen LogP contribution in [-0.2, 0) is 14.3 Å². The molecule has 0 aliphatic rings. The van der Waals surface area contributed by atoms with Crippen molar-refractivity contribution in [3.63, 3.8) is 0 Å². The van der Waals surface area contributed by atoms with Crippen LogP contribution in [-0.4, -0.2) is 24.4 Å². The van der Waals surface area contributed by atoms with Gasteiger partial charge >= 0.3 is 5.97 Å². The minimum atomic E-state index is -0.650. The first-order valence-corrected chi connectivity index (χ1v) is 5.53. The Morgan fingerprint density at radius 2 is 2.05 bits per heavy atom. The molecule has 0 radical (unpaired) electrons. The van der Waals surface area contributed by atoms with Gasteiger partial charge in [-0.1, -0.05) is 0 Å². The minimum Gasteiger partial charge on any atom is -0.469 e. The second-order valence-electron chi connectivity index (χ2n) is 3.42. The molecule has 0 saturated carbocycles. The van der Waals surface area contributed by atoms with E-state index in [0.717, 1.165) is 12.2 Å². The van der Waals surface area contributed by atoms with E-state index in [1.807, 2.05) is 0 Å². The normalized spacial score (nSPS) is 10.2. The van der Waals surface area contributed by atoms with Crippen LogP contribution in [0.1, 0.15) is 23.0 Å². The summed E-state index contributed by atoms with van der Waals surface area (Å²) in [5.74, 6) is -1.35. The third-order valence-electron chi connectivity index (χ3n) is 2.06. The number of nitrogens with one attached hydrogen (secondary N) is 2. The summed E-state index contributed by atoms with van der Waals surface area (Å²) in [5, 5.41) is 0. The Hall–Kier alpha value is -2.57. The molecular formula is C12H14N2O5. The number of carbonyl (C=O) groups excluding carboxylic acids is 3. The Labute approximate surface area is 109 Å². The summed E-state index contributed by atoms with van der Waals surface area (Å²) in [6.45, 7) is 3.50. The van der Waals surface area contributed by atoms with E-state index < -0.39 is 17.8 Å². The van der Waals surface area contributed by atoms with E-state index >= 15 is 0 Å². The van der Waals surface area contributed by atoms with Crippen LogP contribution < -0.4 is 10.9 Å². The molecule has 1 rings (SSSR count). The average Bonchev–Trinajstić information content (AvgIpc) is 2.80. The maximum absolute atomic E-state index is 11.6. The van der Waals surface area contributed by atoms with E-state index in [0.29, 0.717) is 11.3 Å². The number of rotatable bonds is 4. The number of furan rings is 1. The van der Waals surface area contributed by atoms with Gasteiger partial charge in [-0.15, -0.1) is 0 Å². The van der Waals surface area contributed by atoms with Gasteiger partial charge in [0.1, 0.15) is 5.76 Å². The monoisotopic (exact) mass is 266 g/mol. The zero-order valence-electron chi connectivity index (χ0n) is 10.6.